The van der Waals surface area contributed by atoms with Crippen molar-refractivity contribution in [2.75, 3.05) is 0 Å². The molecule has 1 aromatic rings. The van der Waals surface area contributed by atoms with E-state index in [2.05, 4.69) is 0 Å². The molecule has 0 radical (unpaired) electrons. The van der Waals surface area contributed by atoms with Crippen LogP contribution in [0.1, 0.15) is 16.7 Å². The Morgan fingerprint density at radius 2 is 2.00 bits per heavy atom. The molecule has 4 N–H and O–H groups in total. The van der Waals surface area contributed by atoms with Crippen molar-refractivity contribution >= 4 is 5.84 Å². The van der Waals surface area contributed by atoms with E-state index in [1.54, 1.807) is 19.1 Å². The van der Waals surface area contributed by atoms with Crippen LogP contribution in [0.3, 0.4) is 0 Å². The van der Waals surface area contributed by atoms with E-state index < -0.39 is 0 Å². The fraction of sp³-hybridized carbons (Fsp3) is 0.222. The second-order valence-electron chi connectivity index (χ2n) is 2.87. The summed E-state index contributed by atoms with van der Waals surface area (Å²) in [4.78, 5) is 0. The highest BCUT2D eigenvalue weighted by Gasteiger charge is 2.06. The summed E-state index contributed by atoms with van der Waals surface area (Å²) >= 11 is 0. The van der Waals surface area contributed by atoms with Gasteiger partial charge in [-0.3, -0.25) is 5.41 Å². The molecule has 1 rings (SSSR count). The molecule has 0 amide bonds. The summed E-state index contributed by atoms with van der Waals surface area (Å²) < 4.78 is 0. The summed E-state index contributed by atoms with van der Waals surface area (Å²) in [7, 11) is 0. The monoisotopic (exact) mass is 164 g/mol. The van der Waals surface area contributed by atoms with E-state index >= 15 is 0 Å². The molecule has 0 atom stereocenters. The largest absolute Gasteiger partial charge is 0.508 e. The molecular formula is C9H12N2O. The maximum atomic E-state index is 9.38. The third kappa shape index (κ3) is 1.39. The van der Waals surface area contributed by atoms with Crippen LogP contribution in [0.5, 0.6) is 5.75 Å². The van der Waals surface area contributed by atoms with Gasteiger partial charge in [-0.1, -0.05) is 0 Å². The average molecular weight is 164 g/mol. The number of hydrogen-bond donors (Lipinski definition) is 3. The molecular weight excluding hydrogens is 152 g/mol. The topological polar surface area (TPSA) is 70.1 Å². The van der Waals surface area contributed by atoms with E-state index in [1.165, 1.54) is 0 Å². The average Bonchev–Trinajstić information content (AvgIpc) is 1.96. The van der Waals surface area contributed by atoms with E-state index in [-0.39, 0.29) is 11.6 Å². The first-order chi connectivity index (χ1) is 5.52. The first-order valence-corrected chi connectivity index (χ1v) is 3.67. The normalized spacial score (nSPS) is 9.83. The second-order valence-corrected chi connectivity index (χ2v) is 2.87. The van der Waals surface area contributed by atoms with Gasteiger partial charge in [-0.25, -0.2) is 0 Å². The summed E-state index contributed by atoms with van der Waals surface area (Å²) in [5.74, 6) is 0.187. The Morgan fingerprint density at radius 3 is 2.50 bits per heavy atom. The highest BCUT2D eigenvalue weighted by Crippen LogP contribution is 2.21. The third-order valence-electron chi connectivity index (χ3n) is 1.81. The SMILES string of the molecule is Cc1cc(O)c(C)c(C(=N)N)c1. The van der Waals surface area contributed by atoms with Crippen molar-refractivity contribution in [1.29, 1.82) is 5.41 Å². The van der Waals surface area contributed by atoms with Crippen molar-refractivity contribution in [3.63, 3.8) is 0 Å². The fourth-order valence-corrected chi connectivity index (χ4v) is 1.12. The zero-order chi connectivity index (χ0) is 9.30. The lowest BCUT2D eigenvalue weighted by Gasteiger charge is -2.06. The lowest BCUT2D eigenvalue weighted by atomic mass is 10.0. The summed E-state index contributed by atoms with van der Waals surface area (Å²) in [6.07, 6.45) is 0. The molecule has 0 bridgehead atoms. The highest BCUT2D eigenvalue weighted by atomic mass is 16.3. The van der Waals surface area contributed by atoms with E-state index in [1.807, 2.05) is 6.92 Å². The molecule has 64 valence electrons. The number of rotatable bonds is 1. The van der Waals surface area contributed by atoms with Crippen molar-refractivity contribution in [2.45, 2.75) is 13.8 Å². The Morgan fingerprint density at radius 1 is 1.42 bits per heavy atom. The smallest absolute Gasteiger partial charge is 0.123 e. The van der Waals surface area contributed by atoms with Crippen molar-refractivity contribution < 1.29 is 5.11 Å². The van der Waals surface area contributed by atoms with Crippen molar-refractivity contribution in [3.8, 4) is 5.75 Å². The molecule has 1 aromatic carbocycles. The quantitative estimate of drug-likeness (QED) is 0.432. The Labute approximate surface area is 71.3 Å². The Kier molecular flexibility index (Phi) is 2.04. The van der Waals surface area contributed by atoms with Gasteiger partial charge in [0.25, 0.3) is 0 Å². The van der Waals surface area contributed by atoms with Crippen molar-refractivity contribution in [3.05, 3.63) is 28.8 Å². The number of phenols is 1. The molecule has 0 saturated carbocycles. The molecule has 0 fully saturated rings. The molecule has 0 aliphatic rings. The highest BCUT2D eigenvalue weighted by molar-refractivity contribution is 5.97. The Balaban J connectivity index is 3.37. The van der Waals surface area contributed by atoms with Crippen molar-refractivity contribution in [1.82, 2.24) is 0 Å². The van der Waals surface area contributed by atoms with Crippen LogP contribution in [0, 0.1) is 19.3 Å². The van der Waals surface area contributed by atoms with Gasteiger partial charge in [0.15, 0.2) is 0 Å². The summed E-state index contributed by atoms with van der Waals surface area (Å²) in [6, 6.07) is 3.44. The van der Waals surface area contributed by atoms with E-state index in [4.69, 9.17) is 11.1 Å². The molecule has 0 saturated heterocycles. The first kappa shape index (κ1) is 8.59. The molecule has 0 aliphatic carbocycles. The van der Waals surface area contributed by atoms with Gasteiger partial charge in [0.1, 0.15) is 11.6 Å². The zero-order valence-corrected chi connectivity index (χ0v) is 7.18. The Hall–Kier alpha value is -1.51. The maximum absolute atomic E-state index is 9.38. The van der Waals surface area contributed by atoms with Crippen LogP contribution in [-0.4, -0.2) is 10.9 Å². The van der Waals surface area contributed by atoms with Crippen LogP contribution in [0.25, 0.3) is 0 Å². The molecule has 0 aromatic heterocycles. The van der Waals surface area contributed by atoms with Gasteiger partial charge in [-0.05, 0) is 31.5 Å². The van der Waals surface area contributed by atoms with Crippen LogP contribution in [-0.2, 0) is 0 Å². The first-order valence-electron chi connectivity index (χ1n) is 3.67. The van der Waals surface area contributed by atoms with Gasteiger partial charge in [0, 0.05) is 11.1 Å². The number of benzene rings is 1. The predicted octanol–water partition coefficient (Wildman–Crippen LogP) is 1.29. The number of aryl methyl sites for hydroxylation is 1. The predicted molar refractivity (Wildman–Crippen MR) is 48.6 cm³/mol. The van der Waals surface area contributed by atoms with Crippen LogP contribution in [0.15, 0.2) is 12.1 Å². The van der Waals surface area contributed by atoms with Crippen LogP contribution in [0.2, 0.25) is 0 Å². The number of aromatic hydroxyl groups is 1. The molecule has 3 nitrogen and oxygen atoms in total. The van der Waals surface area contributed by atoms with Gasteiger partial charge < -0.3 is 10.8 Å². The number of hydrogen-bond acceptors (Lipinski definition) is 2. The maximum Gasteiger partial charge on any atom is 0.123 e. The second kappa shape index (κ2) is 2.85. The number of nitrogens with two attached hydrogens (primary N) is 1. The van der Waals surface area contributed by atoms with Gasteiger partial charge in [0.05, 0.1) is 0 Å². The number of nitrogens with one attached hydrogen (secondary N) is 1. The van der Waals surface area contributed by atoms with E-state index in [0.29, 0.717) is 11.1 Å². The molecule has 0 unspecified atom stereocenters. The minimum Gasteiger partial charge on any atom is -0.508 e. The van der Waals surface area contributed by atoms with E-state index in [0.717, 1.165) is 5.56 Å². The standard InChI is InChI=1S/C9H12N2O/c1-5-3-7(9(10)11)6(2)8(12)4-5/h3-4,12H,1-2H3,(H3,10,11). The zero-order valence-electron chi connectivity index (χ0n) is 7.18. The number of phenolic OH excluding ortho intramolecular Hbond substituents is 1. The van der Waals surface area contributed by atoms with Gasteiger partial charge in [0.2, 0.25) is 0 Å². The lowest BCUT2D eigenvalue weighted by molar-refractivity contribution is 0.470. The molecule has 0 spiro atoms. The van der Waals surface area contributed by atoms with Gasteiger partial charge in [-0.15, -0.1) is 0 Å². The minimum absolute atomic E-state index is 0.00787. The van der Waals surface area contributed by atoms with Crippen LogP contribution < -0.4 is 5.73 Å². The molecule has 3 heteroatoms. The molecule has 12 heavy (non-hydrogen) atoms. The van der Waals surface area contributed by atoms with Crippen LogP contribution >= 0.6 is 0 Å². The van der Waals surface area contributed by atoms with Gasteiger partial charge >= 0.3 is 0 Å². The Bertz CT molecular complexity index is 332. The van der Waals surface area contributed by atoms with Crippen LogP contribution in [0.4, 0.5) is 0 Å². The lowest BCUT2D eigenvalue weighted by Crippen LogP contribution is -2.12. The fourth-order valence-electron chi connectivity index (χ4n) is 1.12. The minimum atomic E-state index is -0.00787. The molecule has 0 aliphatic heterocycles. The van der Waals surface area contributed by atoms with E-state index in [9.17, 15) is 5.11 Å². The van der Waals surface area contributed by atoms with Crippen molar-refractivity contribution in [2.24, 2.45) is 5.73 Å². The number of nitrogen functional groups attached to an aromatic ring is 1. The summed E-state index contributed by atoms with van der Waals surface area (Å²) in [5.41, 5.74) is 7.49. The summed E-state index contributed by atoms with van der Waals surface area (Å²) in [5, 5.41) is 16.6. The molecule has 0 heterocycles. The van der Waals surface area contributed by atoms with Gasteiger partial charge in [-0.2, -0.15) is 0 Å². The number of amidine groups is 1. The third-order valence-corrected chi connectivity index (χ3v) is 1.81. The summed E-state index contributed by atoms with van der Waals surface area (Å²) in [6.45, 7) is 3.59.